The van der Waals surface area contributed by atoms with Crippen LogP contribution in [0.3, 0.4) is 0 Å². The van der Waals surface area contributed by atoms with Crippen LogP contribution >= 0.6 is 11.6 Å². The second kappa shape index (κ2) is 13.5. The van der Waals surface area contributed by atoms with E-state index in [1.807, 2.05) is 31.2 Å². The number of methoxy groups -OCH3 is 1. The van der Waals surface area contributed by atoms with Gasteiger partial charge in [-0.15, -0.1) is 5.10 Å². The van der Waals surface area contributed by atoms with Gasteiger partial charge in [0.1, 0.15) is 23.9 Å². The molecular weight excluding hydrogens is 570 g/mol. The first-order valence-electron chi connectivity index (χ1n) is 14.6. The van der Waals surface area contributed by atoms with Crippen LogP contribution in [-0.2, 0) is 11.3 Å². The molecule has 13 heteroatoms. The van der Waals surface area contributed by atoms with Crippen LogP contribution in [0.25, 0.3) is 11.1 Å². The molecule has 43 heavy (non-hydrogen) atoms. The standard InChI is InChI=1S/C30H36ClN9O3/c1-21(19-40-20-34-36-37-40)43-29-15-22(3-5-26(29)31)23-17-32-30(33-18-23)35-27-16-25(4-6-28(27)41-2)38-9-7-24(8-10-38)39-11-13-42-14-12-39/h3-6,15-18,20-21,24H,7-14,19H2,1-2H3,(H,32,33,35). The topological polar surface area (TPSA) is 116 Å². The van der Waals surface area contributed by atoms with Crippen LogP contribution in [0.15, 0.2) is 55.1 Å². The minimum atomic E-state index is -0.194. The van der Waals surface area contributed by atoms with Crippen molar-refractivity contribution >= 4 is 28.9 Å². The summed E-state index contributed by atoms with van der Waals surface area (Å²) in [4.78, 5) is 14.2. The van der Waals surface area contributed by atoms with Crippen molar-refractivity contribution in [2.75, 3.05) is 56.7 Å². The lowest BCUT2D eigenvalue weighted by Crippen LogP contribution is -2.49. The third-order valence-electron chi connectivity index (χ3n) is 7.90. The molecule has 2 aromatic heterocycles. The number of halogens is 1. The van der Waals surface area contributed by atoms with Crippen molar-refractivity contribution in [2.24, 2.45) is 0 Å². The van der Waals surface area contributed by atoms with Gasteiger partial charge in [0.25, 0.3) is 0 Å². The first kappa shape index (κ1) is 29.1. The van der Waals surface area contributed by atoms with Gasteiger partial charge in [0.15, 0.2) is 0 Å². The number of anilines is 3. The van der Waals surface area contributed by atoms with Crippen LogP contribution in [0.2, 0.25) is 5.02 Å². The number of nitrogens with one attached hydrogen (secondary N) is 1. The second-order valence-electron chi connectivity index (χ2n) is 10.8. The molecule has 0 aliphatic carbocycles. The summed E-state index contributed by atoms with van der Waals surface area (Å²) in [6.45, 7) is 8.22. The first-order valence-corrected chi connectivity index (χ1v) is 14.9. The molecule has 1 unspecified atom stereocenters. The monoisotopic (exact) mass is 605 g/mol. The van der Waals surface area contributed by atoms with E-state index in [4.69, 9.17) is 25.8 Å². The molecule has 12 nitrogen and oxygen atoms in total. The quantitative estimate of drug-likeness (QED) is 0.279. The maximum atomic E-state index is 6.43. The van der Waals surface area contributed by atoms with Gasteiger partial charge in [0.2, 0.25) is 5.95 Å². The van der Waals surface area contributed by atoms with E-state index >= 15 is 0 Å². The lowest BCUT2D eigenvalue weighted by Gasteiger charge is -2.41. The van der Waals surface area contributed by atoms with Crippen LogP contribution in [0.1, 0.15) is 19.8 Å². The summed E-state index contributed by atoms with van der Waals surface area (Å²) in [5, 5.41) is 15.1. The molecule has 2 fully saturated rings. The smallest absolute Gasteiger partial charge is 0.227 e. The summed E-state index contributed by atoms with van der Waals surface area (Å²) in [6.07, 6.45) is 7.20. The molecule has 2 saturated heterocycles. The molecule has 0 radical (unpaired) electrons. The molecule has 2 aromatic carbocycles. The molecule has 1 atom stereocenters. The zero-order valence-electron chi connectivity index (χ0n) is 24.4. The van der Waals surface area contributed by atoms with Crippen molar-refractivity contribution in [1.29, 1.82) is 0 Å². The molecule has 0 saturated carbocycles. The molecule has 0 amide bonds. The van der Waals surface area contributed by atoms with Crippen LogP contribution in [0.5, 0.6) is 11.5 Å². The molecule has 6 rings (SSSR count). The Morgan fingerprint density at radius 2 is 1.79 bits per heavy atom. The number of ether oxygens (including phenoxy) is 3. The lowest BCUT2D eigenvalue weighted by atomic mass is 10.0. The Morgan fingerprint density at radius 1 is 1.00 bits per heavy atom. The second-order valence-corrected chi connectivity index (χ2v) is 11.2. The fraction of sp³-hybridized carbons (Fsp3) is 0.433. The highest BCUT2D eigenvalue weighted by atomic mass is 35.5. The normalized spacial score (nSPS) is 17.0. The number of benzene rings is 2. The zero-order valence-corrected chi connectivity index (χ0v) is 25.2. The third-order valence-corrected chi connectivity index (χ3v) is 8.21. The summed E-state index contributed by atoms with van der Waals surface area (Å²) < 4.78 is 18.9. The zero-order chi connectivity index (χ0) is 29.6. The van der Waals surface area contributed by atoms with E-state index < -0.39 is 0 Å². The van der Waals surface area contributed by atoms with E-state index in [1.54, 1.807) is 30.5 Å². The van der Waals surface area contributed by atoms with Gasteiger partial charge < -0.3 is 24.4 Å². The molecule has 4 heterocycles. The summed E-state index contributed by atoms with van der Waals surface area (Å²) in [5.74, 6) is 1.78. The predicted molar refractivity (Wildman–Crippen MR) is 164 cm³/mol. The van der Waals surface area contributed by atoms with Gasteiger partial charge in [0.05, 0.1) is 37.6 Å². The van der Waals surface area contributed by atoms with E-state index in [0.29, 0.717) is 29.3 Å². The van der Waals surface area contributed by atoms with Crippen molar-refractivity contribution in [3.8, 4) is 22.6 Å². The molecule has 226 valence electrons. The van der Waals surface area contributed by atoms with Gasteiger partial charge in [-0.1, -0.05) is 17.7 Å². The Morgan fingerprint density at radius 3 is 2.51 bits per heavy atom. The first-order chi connectivity index (χ1) is 21.1. The number of morpholine rings is 1. The van der Waals surface area contributed by atoms with Crippen molar-refractivity contribution in [3.63, 3.8) is 0 Å². The van der Waals surface area contributed by atoms with Gasteiger partial charge in [-0.3, -0.25) is 4.90 Å². The number of tetrazole rings is 1. The molecule has 4 aromatic rings. The SMILES string of the molecule is COc1ccc(N2CCC(N3CCOCC3)CC2)cc1Nc1ncc(-c2ccc(Cl)c(OC(C)Cn3cnnn3)c2)cn1. The predicted octanol–water partition coefficient (Wildman–Crippen LogP) is 4.30. The van der Waals surface area contributed by atoms with Gasteiger partial charge in [-0.2, -0.15) is 0 Å². The van der Waals surface area contributed by atoms with Gasteiger partial charge in [-0.25, -0.2) is 14.6 Å². The Kier molecular flexibility index (Phi) is 9.16. The van der Waals surface area contributed by atoms with Crippen molar-refractivity contribution in [3.05, 3.63) is 60.1 Å². The Bertz CT molecular complexity index is 1470. The van der Waals surface area contributed by atoms with E-state index in [1.165, 1.54) is 0 Å². The molecule has 2 aliphatic rings. The summed E-state index contributed by atoms with van der Waals surface area (Å²) in [7, 11) is 1.67. The van der Waals surface area contributed by atoms with Crippen molar-refractivity contribution < 1.29 is 14.2 Å². The number of aromatic nitrogens is 6. The molecular formula is C30H36ClN9O3. The maximum Gasteiger partial charge on any atom is 0.227 e. The lowest BCUT2D eigenvalue weighted by molar-refractivity contribution is 0.0115. The summed E-state index contributed by atoms with van der Waals surface area (Å²) >= 11 is 6.43. The highest BCUT2D eigenvalue weighted by Gasteiger charge is 2.26. The van der Waals surface area contributed by atoms with Crippen LogP contribution < -0.4 is 19.7 Å². The average Bonchev–Trinajstić information content (AvgIpc) is 3.56. The number of nitrogens with zero attached hydrogens (tertiary/aromatic N) is 8. The average molecular weight is 606 g/mol. The minimum Gasteiger partial charge on any atom is -0.495 e. The maximum absolute atomic E-state index is 6.43. The van der Waals surface area contributed by atoms with E-state index in [0.717, 1.165) is 80.5 Å². The van der Waals surface area contributed by atoms with E-state index in [-0.39, 0.29) is 6.10 Å². The van der Waals surface area contributed by atoms with Gasteiger partial charge in [-0.05, 0) is 66.1 Å². The molecule has 1 N–H and O–H groups in total. The van der Waals surface area contributed by atoms with Gasteiger partial charge >= 0.3 is 0 Å². The number of hydrogen-bond donors (Lipinski definition) is 1. The molecule has 0 bridgehead atoms. The fourth-order valence-corrected chi connectivity index (χ4v) is 5.80. The largest absolute Gasteiger partial charge is 0.495 e. The number of hydrogen-bond acceptors (Lipinski definition) is 11. The van der Waals surface area contributed by atoms with E-state index in [2.05, 4.69) is 52.7 Å². The summed E-state index contributed by atoms with van der Waals surface area (Å²) in [5.41, 5.74) is 3.70. The summed E-state index contributed by atoms with van der Waals surface area (Å²) in [6, 6.07) is 12.5. The fourth-order valence-electron chi connectivity index (χ4n) is 5.64. The molecule has 2 aliphatic heterocycles. The Balaban J connectivity index is 1.11. The minimum absolute atomic E-state index is 0.194. The van der Waals surface area contributed by atoms with Crippen molar-refractivity contribution in [1.82, 2.24) is 35.1 Å². The number of piperidine rings is 1. The van der Waals surface area contributed by atoms with Gasteiger partial charge in [0, 0.05) is 55.9 Å². The third kappa shape index (κ3) is 7.15. The van der Waals surface area contributed by atoms with E-state index in [9.17, 15) is 0 Å². The van der Waals surface area contributed by atoms with Crippen molar-refractivity contribution in [2.45, 2.75) is 38.5 Å². The van der Waals surface area contributed by atoms with Crippen LogP contribution in [-0.4, -0.2) is 93.7 Å². The Labute approximate surface area is 255 Å². The Hall–Kier alpha value is -4.00. The molecule has 0 spiro atoms. The highest BCUT2D eigenvalue weighted by Crippen LogP contribution is 2.34. The number of rotatable bonds is 10. The highest BCUT2D eigenvalue weighted by molar-refractivity contribution is 6.32. The van der Waals surface area contributed by atoms with Crippen LogP contribution in [0.4, 0.5) is 17.3 Å². The van der Waals surface area contributed by atoms with Crippen LogP contribution in [0, 0.1) is 0 Å².